The van der Waals surface area contributed by atoms with E-state index in [1.807, 2.05) is 0 Å². The standard InChI is InChI=1S/C13H18FNO3/c1-10(18-13(16)9-17-2)7-15-8-11-5-3-4-6-12(11)14/h3-6,10,15H,7-9H2,1-2H3. The van der Waals surface area contributed by atoms with Gasteiger partial charge in [-0.25, -0.2) is 9.18 Å². The summed E-state index contributed by atoms with van der Waals surface area (Å²) in [7, 11) is 1.43. The van der Waals surface area contributed by atoms with Crippen LogP contribution in [0.5, 0.6) is 0 Å². The van der Waals surface area contributed by atoms with E-state index in [1.54, 1.807) is 25.1 Å². The number of rotatable bonds is 7. The number of ether oxygens (including phenoxy) is 2. The van der Waals surface area contributed by atoms with Crippen LogP contribution in [0.4, 0.5) is 4.39 Å². The third-order valence-corrected chi connectivity index (χ3v) is 2.30. The van der Waals surface area contributed by atoms with Crippen molar-refractivity contribution in [2.75, 3.05) is 20.3 Å². The van der Waals surface area contributed by atoms with Gasteiger partial charge in [-0.2, -0.15) is 0 Å². The lowest BCUT2D eigenvalue weighted by atomic mass is 10.2. The third-order valence-electron chi connectivity index (χ3n) is 2.30. The highest BCUT2D eigenvalue weighted by atomic mass is 19.1. The molecule has 1 unspecified atom stereocenters. The number of esters is 1. The molecular formula is C13H18FNO3. The van der Waals surface area contributed by atoms with Gasteiger partial charge in [0.1, 0.15) is 18.5 Å². The molecule has 0 aliphatic carbocycles. The second kappa shape index (κ2) is 7.79. The lowest BCUT2D eigenvalue weighted by Gasteiger charge is -2.14. The number of hydrogen-bond donors (Lipinski definition) is 1. The number of carbonyl (C=O) groups excluding carboxylic acids is 1. The van der Waals surface area contributed by atoms with Crippen molar-refractivity contribution < 1.29 is 18.7 Å². The molecule has 0 radical (unpaired) electrons. The number of carbonyl (C=O) groups is 1. The predicted molar refractivity (Wildman–Crippen MR) is 65.5 cm³/mol. The van der Waals surface area contributed by atoms with Gasteiger partial charge in [-0.05, 0) is 13.0 Å². The lowest BCUT2D eigenvalue weighted by Crippen LogP contribution is -2.29. The summed E-state index contributed by atoms with van der Waals surface area (Å²) in [5, 5.41) is 3.03. The Kier molecular flexibility index (Phi) is 6.32. The van der Waals surface area contributed by atoms with Gasteiger partial charge >= 0.3 is 5.97 Å². The van der Waals surface area contributed by atoms with Crippen molar-refractivity contribution in [3.63, 3.8) is 0 Å². The van der Waals surface area contributed by atoms with Gasteiger partial charge in [-0.15, -0.1) is 0 Å². The van der Waals surface area contributed by atoms with Crippen LogP contribution < -0.4 is 5.32 Å². The van der Waals surface area contributed by atoms with Crippen molar-refractivity contribution in [3.05, 3.63) is 35.6 Å². The van der Waals surface area contributed by atoms with Gasteiger partial charge in [0.2, 0.25) is 0 Å². The van der Waals surface area contributed by atoms with Crippen LogP contribution in [0, 0.1) is 5.82 Å². The van der Waals surface area contributed by atoms with Crippen LogP contribution in [-0.2, 0) is 20.8 Å². The van der Waals surface area contributed by atoms with E-state index in [9.17, 15) is 9.18 Å². The van der Waals surface area contributed by atoms with Crippen LogP contribution in [0.2, 0.25) is 0 Å². The Labute approximate surface area is 106 Å². The fourth-order valence-corrected chi connectivity index (χ4v) is 1.47. The van der Waals surface area contributed by atoms with Gasteiger partial charge in [-0.3, -0.25) is 0 Å². The molecule has 0 amide bonds. The molecule has 0 aliphatic heterocycles. The van der Waals surface area contributed by atoms with E-state index in [0.717, 1.165) is 0 Å². The van der Waals surface area contributed by atoms with Gasteiger partial charge in [0.25, 0.3) is 0 Å². The summed E-state index contributed by atoms with van der Waals surface area (Å²) in [5.41, 5.74) is 0.591. The molecule has 1 N–H and O–H groups in total. The lowest BCUT2D eigenvalue weighted by molar-refractivity contribution is -0.152. The average molecular weight is 255 g/mol. The summed E-state index contributed by atoms with van der Waals surface area (Å²) in [6, 6.07) is 6.55. The van der Waals surface area contributed by atoms with E-state index < -0.39 is 5.97 Å². The van der Waals surface area contributed by atoms with E-state index in [-0.39, 0.29) is 18.5 Å². The molecule has 5 heteroatoms. The number of nitrogens with one attached hydrogen (secondary N) is 1. The Bertz CT molecular complexity index is 384. The summed E-state index contributed by atoms with van der Waals surface area (Å²) in [6.45, 7) is 2.57. The zero-order valence-electron chi connectivity index (χ0n) is 10.6. The summed E-state index contributed by atoms with van der Waals surface area (Å²) in [5.74, 6) is -0.647. The highest BCUT2D eigenvalue weighted by Crippen LogP contribution is 2.05. The molecule has 100 valence electrons. The number of hydrogen-bond acceptors (Lipinski definition) is 4. The molecular weight excluding hydrogens is 237 g/mol. The van der Waals surface area contributed by atoms with Crippen LogP contribution in [0.1, 0.15) is 12.5 Å². The molecule has 0 saturated heterocycles. The van der Waals surface area contributed by atoms with Crippen LogP contribution in [0.3, 0.4) is 0 Å². The van der Waals surface area contributed by atoms with Gasteiger partial charge in [0.15, 0.2) is 0 Å². The Morgan fingerprint density at radius 1 is 1.44 bits per heavy atom. The Balaban J connectivity index is 2.25. The van der Waals surface area contributed by atoms with E-state index in [2.05, 4.69) is 10.1 Å². The van der Waals surface area contributed by atoms with Crippen LogP contribution >= 0.6 is 0 Å². The molecule has 0 aromatic heterocycles. The van der Waals surface area contributed by atoms with E-state index in [0.29, 0.717) is 18.7 Å². The van der Waals surface area contributed by atoms with Gasteiger partial charge in [-0.1, -0.05) is 18.2 Å². The summed E-state index contributed by atoms with van der Waals surface area (Å²) >= 11 is 0. The second-order valence-corrected chi connectivity index (χ2v) is 3.96. The van der Waals surface area contributed by atoms with E-state index in [4.69, 9.17) is 4.74 Å². The Morgan fingerprint density at radius 2 is 2.17 bits per heavy atom. The maximum Gasteiger partial charge on any atom is 0.332 e. The molecule has 1 aromatic rings. The van der Waals surface area contributed by atoms with Crippen LogP contribution in [0.15, 0.2) is 24.3 Å². The summed E-state index contributed by atoms with van der Waals surface area (Å²) in [6.07, 6.45) is -0.278. The monoisotopic (exact) mass is 255 g/mol. The normalized spacial score (nSPS) is 12.2. The summed E-state index contributed by atoms with van der Waals surface area (Å²) < 4.78 is 23.0. The maximum atomic E-state index is 13.3. The first-order chi connectivity index (χ1) is 8.63. The van der Waals surface area contributed by atoms with Crippen LogP contribution in [-0.4, -0.2) is 32.3 Å². The minimum Gasteiger partial charge on any atom is -0.460 e. The minimum absolute atomic E-state index is 0.0579. The van der Waals surface area contributed by atoms with Crippen molar-refractivity contribution in [1.29, 1.82) is 0 Å². The van der Waals surface area contributed by atoms with Crippen molar-refractivity contribution >= 4 is 5.97 Å². The Hall–Kier alpha value is -1.46. The first kappa shape index (κ1) is 14.6. The molecule has 0 bridgehead atoms. The molecule has 0 spiro atoms. The quantitative estimate of drug-likeness (QED) is 0.750. The van der Waals surface area contributed by atoms with Crippen molar-refractivity contribution in [2.24, 2.45) is 0 Å². The fraction of sp³-hybridized carbons (Fsp3) is 0.462. The zero-order chi connectivity index (χ0) is 13.4. The van der Waals surface area contributed by atoms with Gasteiger partial charge in [0, 0.05) is 25.8 Å². The second-order valence-electron chi connectivity index (χ2n) is 3.96. The van der Waals surface area contributed by atoms with Gasteiger partial charge in [0.05, 0.1) is 0 Å². The largest absolute Gasteiger partial charge is 0.460 e. The molecule has 1 aromatic carbocycles. The first-order valence-electron chi connectivity index (χ1n) is 5.76. The van der Waals surface area contributed by atoms with E-state index in [1.165, 1.54) is 13.2 Å². The highest BCUT2D eigenvalue weighted by molar-refractivity contribution is 5.70. The molecule has 18 heavy (non-hydrogen) atoms. The summed E-state index contributed by atoms with van der Waals surface area (Å²) in [4.78, 5) is 11.1. The fourth-order valence-electron chi connectivity index (χ4n) is 1.47. The first-order valence-corrected chi connectivity index (χ1v) is 5.76. The molecule has 0 aliphatic rings. The molecule has 1 rings (SSSR count). The van der Waals surface area contributed by atoms with Crippen LogP contribution in [0.25, 0.3) is 0 Å². The molecule has 1 atom stereocenters. The number of halogens is 1. The number of benzene rings is 1. The van der Waals surface area contributed by atoms with Gasteiger partial charge < -0.3 is 14.8 Å². The topological polar surface area (TPSA) is 47.6 Å². The van der Waals surface area contributed by atoms with Crippen molar-refractivity contribution in [3.8, 4) is 0 Å². The average Bonchev–Trinajstić information content (AvgIpc) is 2.31. The maximum absolute atomic E-state index is 13.3. The third kappa shape index (κ3) is 5.25. The minimum atomic E-state index is -0.405. The Morgan fingerprint density at radius 3 is 2.83 bits per heavy atom. The van der Waals surface area contributed by atoms with E-state index >= 15 is 0 Å². The van der Waals surface area contributed by atoms with Crippen molar-refractivity contribution in [2.45, 2.75) is 19.6 Å². The molecule has 0 saturated carbocycles. The zero-order valence-corrected chi connectivity index (χ0v) is 10.6. The molecule has 4 nitrogen and oxygen atoms in total. The molecule has 0 fully saturated rings. The van der Waals surface area contributed by atoms with Crippen molar-refractivity contribution in [1.82, 2.24) is 5.32 Å². The smallest absolute Gasteiger partial charge is 0.332 e. The predicted octanol–water partition coefficient (Wildman–Crippen LogP) is 1.49. The SMILES string of the molecule is COCC(=O)OC(C)CNCc1ccccc1F. The highest BCUT2D eigenvalue weighted by Gasteiger charge is 2.09. The number of methoxy groups -OCH3 is 1. The molecule has 0 heterocycles.